The zero-order valence-electron chi connectivity index (χ0n) is 19.5. The lowest BCUT2D eigenvalue weighted by Crippen LogP contribution is -2.60. The van der Waals surface area contributed by atoms with Crippen LogP contribution in [0.15, 0.2) is 55.2 Å². The molecule has 1 aliphatic heterocycles. The molecule has 3 atom stereocenters. The molecule has 34 heavy (non-hydrogen) atoms. The topological polar surface area (TPSA) is 133 Å². The van der Waals surface area contributed by atoms with E-state index in [-0.39, 0.29) is 6.54 Å². The van der Waals surface area contributed by atoms with Crippen LogP contribution in [0.2, 0.25) is 0 Å². The normalized spacial score (nSPS) is 18.0. The second kappa shape index (κ2) is 8.62. The number of carbonyl (C=O) groups is 2. The van der Waals surface area contributed by atoms with Crippen LogP contribution >= 0.6 is 0 Å². The van der Waals surface area contributed by atoms with Crippen LogP contribution in [0, 0.1) is 0 Å². The van der Waals surface area contributed by atoms with Gasteiger partial charge in [-0.3, -0.25) is 9.59 Å². The van der Waals surface area contributed by atoms with Gasteiger partial charge in [0.1, 0.15) is 6.33 Å². The molecule has 4 rings (SSSR count). The first-order valence-electron chi connectivity index (χ1n) is 11.0. The van der Waals surface area contributed by atoms with Crippen LogP contribution in [-0.4, -0.2) is 58.4 Å². The average Bonchev–Trinajstić information content (AvgIpc) is 3.45. The first-order valence-corrected chi connectivity index (χ1v) is 11.0. The van der Waals surface area contributed by atoms with Gasteiger partial charge in [-0.25, -0.2) is 14.6 Å². The summed E-state index contributed by atoms with van der Waals surface area (Å²) < 4.78 is 1.71. The molecule has 0 saturated carbocycles. The highest BCUT2D eigenvalue weighted by molar-refractivity contribution is 5.94. The number of amides is 2. The predicted molar refractivity (Wildman–Crippen MR) is 122 cm³/mol. The van der Waals surface area contributed by atoms with Crippen molar-refractivity contribution in [3.05, 3.63) is 72.1 Å². The van der Waals surface area contributed by atoms with E-state index in [1.807, 2.05) is 36.5 Å². The summed E-state index contributed by atoms with van der Waals surface area (Å²) >= 11 is 0. The smallest absolute Gasteiger partial charge is 0.256 e. The minimum atomic E-state index is -2.35. The van der Waals surface area contributed by atoms with E-state index in [2.05, 4.69) is 20.4 Å². The second-order valence-electron chi connectivity index (χ2n) is 9.17. The summed E-state index contributed by atoms with van der Waals surface area (Å²) in [5, 5.41) is 28.5. The maximum absolute atomic E-state index is 13.2. The monoisotopic (exact) mass is 464 g/mol. The third-order valence-electron chi connectivity index (χ3n) is 6.37. The number of hydrogen-bond donors (Lipinski definition) is 3. The molecule has 0 spiro atoms. The molecule has 0 fully saturated rings. The van der Waals surface area contributed by atoms with E-state index >= 15 is 0 Å². The Morgan fingerprint density at radius 3 is 2.56 bits per heavy atom. The van der Waals surface area contributed by atoms with Crippen LogP contribution in [0.4, 0.5) is 0 Å². The zero-order chi connectivity index (χ0) is 24.7. The van der Waals surface area contributed by atoms with Crippen molar-refractivity contribution in [1.82, 2.24) is 30.0 Å². The van der Waals surface area contributed by atoms with E-state index in [4.69, 9.17) is 0 Å². The zero-order valence-corrected chi connectivity index (χ0v) is 19.5. The highest BCUT2D eigenvalue weighted by Crippen LogP contribution is 2.37. The molecule has 3 aromatic rings. The lowest BCUT2D eigenvalue weighted by atomic mass is 9.93. The largest absolute Gasteiger partial charge is 0.380 e. The molecule has 10 nitrogen and oxygen atoms in total. The van der Waals surface area contributed by atoms with Crippen molar-refractivity contribution < 1.29 is 19.8 Å². The van der Waals surface area contributed by atoms with Crippen LogP contribution in [0.3, 0.4) is 0 Å². The molecule has 2 amide bonds. The fourth-order valence-corrected chi connectivity index (χ4v) is 4.15. The molecule has 0 bridgehead atoms. The minimum Gasteiger partial charge on any atom is -0.380 e. The number of nitrogens with zero attached hydrogens (tertiary/aromatic N) is 5. The van der Waals surface area contributed by atoms with E-state index in [0.29, 0.717) is 5.69 Å². The summed E-state index contributed by atoms with van der Waals surface area (Å²) in [4.78, 5) is 35.7. The molecule has 0 saturated heterocycles. The van der Waals surface area contributed by atoms with E-state index < -0.39 is 35.1 Å². The predicted octanol–water partition coefficient (Wildman–Crippen LogP) is 1.23. The molecule has 0 unspecified atom stereocenters. The number of aliphatic hydroxyl groups is 2. The molecule has 1 aliphatic rings. The average molecular weight is 465 g/mol. The number of aliphatic hydroxyl groups excluding tert-OH is 1. The summed E-state index contributed by atoms with van der Waals surface area (Å²) in [6, 6.07) is 8.73. The molecule has 3 heterocycles. The number of rotatable bonds is 6. The van der Waals surface area contributed by atoms with Crippen molar-refractivity contribution in [1.29, 1.82) is 0 Å². The number of fused-ring (bicyclic) bond motifs is 1. The van der Waals surface area contributed by atoms with Gasteiger partial charge in [-0.05, 0) is 51.5 Å². The quantitative estimate of drug-likeness (QED) is 0.500. The molecule has 1 aromatic carbocycles. The minimum absolute atomic E-state index is 0.176. The molecular weight excluding hydrogens is 436 g/mol. The Hall–Kier alpha value is -3.63. The molecule has 10 heteroatoms. The van der Waals surface area contributed by atoms with Crippen molar-refractivity contribution in [2.45, 2.75) is 57.5 Å². The van der Waals surface area contributed by atoms with E-state index in [1.54, 1.807) is 37.8 Å². The van der Waals surface area contributed by atoms with Crippen molar-refractivity contribution in [2.75, 3.05) is 0 Å². The maximum Gasteiger partial charge on any atom is 0.256 e. The fourth-order valence-electron chi connectivity index (χ4n) is 4.15. The van der Waals surface area contributed by atoms with Gasteiger partial charge in [-0.15, -0.1) is 0 Å². The lowest BCUT2D eigenvalue weighted by Gasteiger charge is -2.36. The summed E-state index contributed by atoms with van der Waals surface area (Å²) in [6.45, 7) is 6.65. The van der Waals surface area contributed by atoms with Crippen LogP contribution in [-0.2, 0) is 21.7 Å². The lowest BCUT2D eigenvalue weighted by molar-refractivity contribution is -0.169. The summed E-state index contributed by atoms with van der Waals surface area (Å²) in [5.41, 5.74) is -0.109. The molecule has 0 radical (unpaired) electrons. The van der Waals surface area contributed by atoms with Gasteiger partial charge in [0.2, 0.25) is 0 Å². The van der Waals surface area contributed by atoms with Gasteiger partial charge < -0.3 is 20.4 Å². The third kappa shape index (κ3) is 4.06. The van der Waals surface area contributed by atoms with Crippen LogP contribution < -0.4 is 5.32 Å². The summed E-state index contributed by atoms with van der Waals surface area (Å²) in [7, 11) is 0. The van der Waals surface area contributed by atoms with Gasteiger partial charge in [-0.1, -0.05) is 12.1 Å². The number of nitrogens with one attached hydrogen (secondary N) is 1. The Kier molecular flexibility index (Phi) is 5.96. The summed E-state index contributed by atoms with van der Waals surface area (Å²) in [6.07, 6.45) is 4.55. The Labute approximate surface area is 197 Å². The van der Waals surface area contributed by atoms with Crippen molar-refractivity contribution in [3.63, 3.8) is 0 Å². The highest BCUT2D eigenvalue weighted by Gasteiger charge is 2.50. The van der Waals surface area contributed by atoms with Crippen LogP contribution in [0.5, 0.6) is 0 Å². The number of aromatic nitrogens is 4. The van der Waals surface area contributed by atoms with Crippen molar-refractivity contribution >= 4 is 11.8 Å². The first-order chi connectivity index (χ1) is 16.0. The van der Waals surface area contributed by atoms with Crippen molar-refractivity contribution in [2.24, 2.45) is 0 Å². The standard InChI is InChI=1S/C24H28N6O4/c1-15(16-6-8-18(9-7-16)30-11-5-10-27-30)28-22(33)24(4,34)20(31)21(32)29-13-17-12-25-14-26-19(17)23(29,2)3/h5-12,14-15,20,31,34H,13H2,1-4H3,(H,28,33)/t15-,20+,24-/m1/s1. The Morgan fingerprint density at radius 1 is 1.24 bits per heavy atom. The molecule has 0 aliphatic carbocycles. The maximum atomic E-state index is 13.2. The molecule has 2 aromatic heterocycles. The van der Waals surface area contributed by atoms with Crippen LogP contribution in [0.1, 0.15) is 50.6 Å². The second-order valence-corrected chi connectivity index (χ2v) is 9.17. The molecule has 178 valence electrons. The Bertz CT molecular complexity index is 1190. The number of benzene rings is 1. The summed E-state index contributed by atoms with van der Waals surface area (Å²) in [5.74, 6) is -1.62. The fraction of sp³-hybridized carbons (Fsp3) is 0.375. The molecule has 3 N–H and O–H groups in total. The third-order valence-corrected chi connectivity index (χ3v) is 6.37. The first kappa shape index (κ1) is 23.5. The van der Waals surface area contributed by atoms with Gasteiger partial charge in [0.05, 0.1) is 29.5 Å². The van der Waals surface area contributed by atoms with E-state index in [0.717, 1.165) is 23.7 Å². The van der Waals surface area contributed by atoms with Gasteiger partial charge in [0.25, 0.3) is 11.8 Å². The highest BCUT2D eigenvalue weighted by atomic mass is 16.4. The van der Waals surface area contributed by atoms with Gasteiger partial charge >= 0.3 is 0 Å². The van der Waals surface area contributed by atoms with Gasteiger partial charge in [0, 0.05) is 24.2 Å². The van der Waals surface area contributed by atoms with Gasteiger partial charge in [-0.2, -0.15) is 5.10 Å². The van der Waals surface area contributed by atoms with E-state index in [9.17, 15) is 19.8 Å². The van der Waals surface area contributed by atoms with Gasteiger partial charge in [0.15, 0.2) is 11.7 Å². The SMILES string of the molecule is C[C@@H](NC(=O)[C@](C)(O)[C@@H](O)C(=O)N1Cc2cncnc2C1(C)C)c1ccc(-n2cccn2)cc1. The molecular formula is C24H28N6O4. The van der Waals surface area contributed by atoms with Crippen molar-refractivity contribution in [3.8, 4) is 5.69 Å². The Morgan fingerprint density at radius 2 is 1.94 bits per heavy atom. The number of hydrogen-bond acceptors (Lipinski definition) is 7. The van der Waals surface area contributed by atoms with Crippen LogP contribution in [0.25, 0.3) is 5.69 Å². The van der Waals surface area contributed by atoms with E-state index in [1.165, 1.54) is 11.2 Å². The Balaban J connectivity index is 1.45. The number of carbonyl (C=O) groups excluding carboxylic acids is 2.